The van der Waals surface area contributed by atoms with Crippen LogP contribution in [0.3, 0.4) is 0 Å². The lowest BCUT2D eigenvalue weighted by atomic mass is 9.98. The Morgan fingerprint density at radius 3 is 2.32 bits per heavy atom. The highest BCUT2D eigenvalue weighted by Crippen LogP contribution is 2.21. The van der Waals surface area contributed by atoms with E-state index < -0.39 is 0 Å². The number of carbonyl (C=O) groups excluding carboxylic acids is 1. The van der Waals surface area contributed by atoms with E-state index in [9.17, 15) is 4.79 Å². The molecule has 1 saturated heterocycles. The van der Waals surface area contributed by atoms with E-state index in [0.717, 1.165) is 13.1 Å². The molecule has 116 valence electrons. The smallest absolute Gasteiger partial charge is 0.224 e. The molecule has 6 heteroatoms. The minimum absolute atomic E-state index is 0. The Balaban J connectivity index is 0. The van der Waals surface area contributed by atoms with Crippen LogP contribution in [0, 0.1) is 5.92 Å². The van der Waals surface area contributed by atoms with E-state index in [2.05, 4.69) is 24.1 Å². The Morgan fingerprint density at radius 2 is 1.84 bits per heavy atom. The standard InChI is InChI=1S/C13H27N3O.2ClH/c1-10(9-14)13(17)15-7-8-16-11(2)5-4-6-12(16)3;;/h10-12H,4-9,14H2,1-3H3,(H,15,17);2*1H. The average molecular weight is 314 g/mol. The molecule has 3 N–H and O–H groups in total. The summed E-state index contributed by atoms with van der Waals surface area (Å²) in [5, 5.41) is 2.96. The molecule has 19 heavy (non-hydrogen) atoms. The highest BCUT2D eigenvalue weighted by molar-refractivity contribution is 5.85. The Bertz CT molecular complexity index is 244. The normalized spacial score (nSPS) is 24.8. The largest absolute Gasteiger partial charge is 0.355 e. The van der Waals surface area contributed by atoms with Crippen LogP contribution in [0.25, 0.3) is 0 Å². The second kappa shape index (κ2) is 10.7. The molecule has 0 aromatic rings. The first-order chi connectivity index (χ1) is 8.06. The first-order valence-corrected chi connectivity index (χ1v) is 6.79. The van der Waals surface area contributed by atoms with Gasteiger partial charge in [0.1, 0.15) is 0 Å². The lowest BCUT2D eigenvalue weighted by Gasteiger charge is -2.39. The zero-order chi connectivity index (χ0) is 12.8. The fourth-order valence-corrected chi connectivity index (χ4v) is 2.50. The molecule has 1 rings (SSSR count). The molecule has 0 aromatic heterocycles. The van der Waals surface area contributed by atoms with Crippen molar-refractivity contribution in [2.75, 3.05) is 19.6 Å². The number of hydrogen-bond donors (Lipinski definition) is 2. The van der Waals surface area contributed by atoms with E-state index >= 15 is 0 Å². The molecular weight excluding hydrogens is 285 g/mol. The predicted octanol–water partition coefficient (Wildman–Crippen LogP) is 1.80. The van der Waals surface area contributed by atoms with Gasteiger partial charge in [0.2, 0.25) is 5.91 Å². The Kier molecular flexibility index (Phi) is 12.0. The topological polar surface area (TPSA) is 58.4 Å². The summed E-state index contributed by atoms with van der Waals surface area (Å²) < 4.78 is 0. The van der Waals surface area contributed by atoms with Gasteiger partial charge in [-0.05, 0) is 26.7 Å². The van der Waals surface area contributed by atoms with Crippen molar-refractivity contribution < 1.29 is 4.79 Å². The summed E-state index contributed by atoms with van der Waals surface area (Å²) in [6.45, 7) is 8.52. The third-order valence-corrected chi connectivity index (χ3v) is 3.85. The van der Waals surface area contributed by atoms with E-state index in [4.69, 9.17) is 5.73 Å². The van der Waals surface area contributed by atoms with Crippen molar-refractivity contribution in [3.05, 3.63) is 0 Å². The Hall–Kier alpha value is -0.0300. The van der Waals surface area contributed by atoms with Crippen molar-refractivity contribution in [1.29, 1.82) is 0 Å². The molecular formula is C13H29Cl2N3O. The van der Waals surface area contributed by atoms with Crippen LogP contribution in [0.2, 0.25) is 0 Å². The van der Waals surface area contributed by atoms with E-state index in [1.165, 1.54) is 19.3 Å². The minimum atomic E-state index is -0.0776. The van der Waals surface area contributed by atoms with Gasteiger partial charge in [-0.25, -0.2) is 0 Å². The summed E-state index contributed by atoms with van der Waals surface area (Å²) in [6, 6.07) is 1.28. The van der Waals surface area contributed by atoms with Crippen LogP contribution in [0.15, 0.2) is 0 Å². The van der Waals surface area contributed by atoms with E-state index in [0.29, 0.717) is 18.6 Å². The zero-order valence-corrected chi connectivity index (χ0v) is 13.9. The van der Waals surface area contributed by atoms with Gasteiger partial charge in [0.15, 0.2) is 0 Å². The molecule has 0 spiro atoms. The Morgan fingerprint density at radius 1 is 1.32 bits per heavy atom. The van der Waals surface area contributed by atoms with Crippen LogP contribution >= 0.6 is 24.8 Å². The lowest BCUT2D eigenvalue weighted by molar-refractivity contribution is -0.124. The third kappa shape index (κ3) is 6.80. The SMILES string of the molecule is CC(CN)C(=O)NCCN1C(C)CCCC1C.Cl.Cl. The number of carbonyl (C=O) groups is 1. The molecule has 0 radical (unpaired) electrons. The summed E-state index contributed by atoms with van der Waals surface area (Å²) in [6.07, 6.45) is 3.88. The molecule has 1 amide bonds. The molecule has 0 saturated carbocycles. The lowest BCUT2D eigenvalue weighted by Crippen LogP contribution is -2.47. The molecule has 1 aliphatic rings. The van der Waals surface area contributed by atoms with Gasteiger partial charge in [0, 0.05) is 37.6 Å². The fourth-order valence-electron chi connectivity index (χ4n) is 2.50. The predicted molar refractivity (Wildman–Crippen MR) is 85.2 cm³/mol. The molecule has 3 unspecified atom stereocenters. The number of hydrogen-bond acceptors (Lipinski definition) is 3. The maximum atomic E-state index is 11.6. The Labute approximate surface area is 129 Å². The third-order valence-electron chi connectivity index (χ3n) is 3.85. The number of piperidine rings is 1. The van der Waals surface area contributed by atoms with Crippen LogP contribution in [0.5, 0.6) is 0 Å². The molecule has 1 aliphatic heterocycles. The monoisotopic (exact) mass is 313 g/mol. The molecule has 3 atom stereocenters. The summed E-state index contributed by atoms with van der Waals surface area (Å²) in [5.41, 5.74) is 5.46. The molecule has 0 aliphatic carbocycles. The number of nitrogens with zero attached hydrogens (tertiary/aromatic N) is 1. The zero-order valence-electron chi connectivity index (χ0n) is 12.2. The second-order valence-electron chi connectivity index (χ2n) is 5.29. The number of rotatable bonds is 5. The van der Waals surface area contributed by atoms with Crippen LogP contribution < -0.4 is 11.1 Å². The van der Waals surface area contributed by atoms with Gasteiger partial charge in [-0.2, -0.15) is 0 Å². The van der Waals surface area contributed by atoms with Crippen molar-refractivity contribution in [2.45, 2.75) is 52.1 Å². The maximum Gasteiger partial charge on any atom is 0.224 e. The summed E-state index contributed by atoms with van der Waals surface area (Å²) in [4.78, 5) is 14.1. The molecule has 4 nitrogen and oxygen atoms in total. The van der Waals surface area contributed by atoms with E-state index in [1.807, 2.05) is 6.92 Å². The van der Waals surface area contributed by atoms with Gasteiger partial charge in [-0.1, -0.05) is 13.3 Å². The second-order valence-corrected chi connectivity index (χ2v) is 5.29. The first-order valence-electron chi connectivity index (χ1n) is 6.79. The van der Waals surface area contributed by atoms with Crippen molar-refractivity contribution in [1.82, 2.24) is 10.2 Å². The van der Waals surface area contributed by atoms with Crippen molar-refractivity contribution in [2.24, 2.45) is 11.7 Å². The maximum absolute atomic E-state index is 11.6. The number of likely N-dealkylation sites (tertiary alicyclic amines) is 1. The highest BCUT2D eigenvalue weighted by Gasteiger charge is 2.24. The van der Waals surface area contributed by atoms with Gasteiger partial charge in [-0.15, -0.1) is 24.8 Å². The van der Waals surface area contributed by atoms with E-state index in [-0.39, 0.29) is 36.6 Å². The summed E-state index contributed by atoms with van der Waals surface area (Å²) >= 11 is 0. The quantitative estimate of drug-likeness (QED) is 0.813. The van der Waals surface area contributed by atoms with Gasteiger partial charge in [0.25, 0.3) is 0 Å². The summed E-state index contributed by atoms with van der Waals surface area (Å²) in [5.74, 6) is -0.00369. The van der Waals surface area contributed by atoms with Crippen LogP contribution in [-0.2, 0) is 4.79 Å². The number of halogens is 2. The first kappa shape index (κ1) is 21.3. The van der Waals surface area contributed by atoms with Gasteiger partial charge in [-0.3, -0.25) is 9.69 Å². The van der Waals surface area contributed by atoms with E-state index in [1.54, 1.807) is 0 Å². The van der Waals surface area contributed by atoms with Crippen molar-refractivity contribution >= 4 is 30.7 Å². The number of nitrogens with two attached hydrogens (primary N) is 1. The summed E-state index contributed by atoms with van der Waals surface area (Å²) in [7, 11) is 0. The molecule has 0 aromatic carbocycles. The molecule has 0 bridgehead atoms. The fraction of sp³-hybridized carbons (Fsp3) is 0.923. The van der Waals surface area contributed by atoms with Crippen molar-refractivity contribution in [3.8, 4) is 0 Å². The molecule has 1 fully saturated rings. The highest BCUT2D eigenvalue weighted by atomic mass is 35.5. The van der Waals surface area contributed by atoms with Crippen LogP contribution in [-0.4, -0.2) is 42.5 Å². The van der Waals surface area contributed by atoms with Crippen LogP contribution in [0.4, 0.5) is 0 Å². The van der Waals surface area contributed by atoms with Gasteiger partial charge < -0.3 is 11.1 Å². The molecule has 1 heterocycles. The number of nitrogens with one attached hydrogen (secondary N) is 1. The van der Waals surface area contributed by atoms with Gasteiger partial charge in [0.05, 0.1) is 0 Å². The van der Waals surface area contributed by atoms with Crippen LogP contribution in [0.1, 0.15) is 40.0 Å². The van der Waals surface area contributed by atoms with Crippen molar-refractivity contribution in [3.63, 3.8) is 0 Å². The average Bonchev–Trinajstić information content (AvgIpc) is 2.31. The minimum Gasteiger partial charge on any atom is -0.355 e. The number of amides is 1. The van der Waals surface area contributed by atoms with Gasteiger partial charge >= 0.3 is 0 Å².